The Morgan fingerprint density at radius 2 is 1.68 bits per heavy atom. The van der Waals surface area contributed by atoms with Crippen LogP contribution in [0.15, 0.2) is 12.2 Å². The third kappa shape index (κ3) is 5.90. The summed E-state index contributed by atoms with van der Waals surface area (Å²) in [5.74, 6) is 0.334. The monoisotopic (exact) mass is 266 g/mol. The van der Waals surface area contributed by atoms with Crippen molar-refractivity contribution in [3.8, 4) is 0 Å². The lowest BCUT2D eigenvalue weighted by Gasteiger charge is -2.22. The second kappa shape index (κ2) is 7.97. The van der Waals surface area contributed by atoms with Gasteiger partial charge >= 0.3 is 0 Å². The number of hydrogen-bond donors (Lipinski definition) is 2. The molecule has 0 aromatic heterocycles. The standard InChI is InChI=1S/C15H26N2O2/c1-4-12-7-5-6-8-13(11(2)3)17-15(19)10-9-14(18)16-12/h5-6,11-13H,4,7-10H2,1-3H3,(H,16,18)(H,17,19)/b6-5-/t12-,13+/m1/s1. The molecule has 4 heteroatoms. The number of nitrogens with one attached hydrogen (secondary N) is 2. The molecule has 0 unspecified atom stereocenters. The van der Waals surface area contributed by atoms with Gasteiger partial charge in [-0.3, -0.25) is 9.59 Å². The summed E-state index contributed by atoms with van der Waals surface area (Å²) < 4.78 is 0. The van der Waals surface area contributed by atoms with Crippen molar-refractivity contribution in [1.29, 1.82) is 0 Å². The Kier molecular flexibility index (Phi) is 6.60. The number of carbonyl (C=O) groups is 2. The quantitative estimate of drug-likeness (QED) is 0.752. The van der Waals surface area contributed by atoms with E-state index in [-0.39, 0.29) is 36.7 Å². The van der Waals surface area contributed by atoms with Gasteiger partial charge in [-0.2, -0.15) is 0 Å². The van der Waals surface area contributed by atoms with Gasteiger partial charge in [0.2, 0.25) is 11.8 Å². The second-order valence-corrected chi connectivity index (χ2v) is 5.53. The zero-order valence-corrected chi connectivity index (χ0v) is 12.2. The van der Waals surface area contributed by atoms with Crippen molar-refractivity contribution in [2.24, 2.45) is 5.92 Å². The lowest BCUT2D eigenvalue weighted by Crippen LogP contribution is -2.40. The van der Waals surface area contributed by atoms with Crippen molar-refractivity contribution in [3.05, 3.63) is 12.2 Å². The van der Waals surface area contributed by atoms with Gasteiger partial charge in [-0.15, -0.1) is 0 Å². The molecule has 0 fully saturated rings. The van der Waals surface area contributed by atoms with Gasteiger partial charge in [-0.1, -0.05) is 32.9 Å². The van der Waals surface area contributed by atoms with Gasteiger partial charge < -0.3 is 10.6 Å². The Morgan fingerprint density at radius 1 is 1.11 bits per heavy atom. The maximum Gasteiger partial charge on any atom is 0.220 e. The highest BCUT2D eigenvalue weighted by atomic mass is 16.2. The van der Waals surface area contributed by atoms with Crippen LogP contribution in [0.2, 0.25) is 0 Å². The average molecular weight is 266 g/mol. The molecule has 2 N–H and O–H groups in total. The van der Waals surface area contributed by atoms with E-state index in [1.165, 1.54) is 0 Å². The molecule has 1 rings (SSSR count). The van der Waals surface area contributed by atoms with E-state index in [2.05, 4.69) is 43.6 Å². The highest BCUT2D eigenvalue weighted by Crippen LogP contribution is 2.10. The molecular weight excluding hydrogens is 240 g/mol. The van der Waals surface area contributed by atoms with E-state index in [0.717, 1.165) is 19.3 Å². The zero-order valence-electron chi connectivity index (χ0n) is 12.2. The van der Waals surface area contributed by atoms with Crippen LogP contribution in [0, 0.1) is 5.92 Å². The summed E-state index contributed by atoms with van der Waals surface area (Å²) in [4.78, 5) is 23.5. The molecule has 0 spiro atoms. The van der Waals surface area contributed by atoms with E-state index in [0.29, 0.717) is 5.92 Å². The molecule has 1 aliphatic rings. The fourth-order valence-corrected chi connectivity index (χ4v) is 2.13. The molecule has 1 aliphatic heterocycles. The molecule has 0 saturated heterocycles. The SMILES string of the molecule is CC[C@@H]1C/C=C\C[C@@H](C(C)C)NC(=O)CCC(=O)N1. The Balaban J connectivity index is 2.71. The summed E-state index contributed by atoms with van der Waals surface area (Å²) in [7, 11) is 0. The van der Waals surface area contributed by atoms with E-state index < -0.39 is 0 Å². The van der Waals surface area contributed by atoms with Crippen LogP contribution in [-0.2, 0) is 9.59 Å². The molecule has 2 amide bonds. The van der Waals surface area contributed by atoms with Crippen molar-refractivity contribution >= 4 is 11.8 Å². The second-order valence-electron chi connectivity index (χ2n) is 5.53. The van der Waals surface area contributed by atoms with Crippen molar-refractivity contribution in [2.75, 3.05) is 0 Å². The number of hydrogen-bond acceptors (Lipinski definition) is 2. The third-order valence-electron chi connectivity index (χ3n) is 3.57. The zero-order chi connectivity index (χ0) is 14.3. The smallest absolute Gasteiger partial charge is 0.220 e. The van der Waals surface area contributed by atoms with Gasteiger partial charge in [0.05, 0.1) is 0 Å². The first-order chi connectivity index (χ1) is 9.02. The predicted octanol–water partition coefficient (Wildman–Crippen LogP) is 2.15. The Hall–Kier alpha value is -1.32. The largest absolute Gasteiger partial charge is 0.353 e. The summed E-state index contributed by atoms with van der Waals surface area (Å²) >= 11 is 0. The number of rotatable bonds is 2. The number of amides is 2. The van der Waals surface area contributed by atoms with Gasteiger partial charge in [0, 0.05) is 24.9 Å². The molecule has 19 heavy (non-hydrogen) atoms. The Bertz CT molecular complexity index is 337. The molecule has 2 atom stereocenters. The molecule has 0 aliphatic carbocycles. The van der Waals surface area contributed by atoms with Gasteiger partial charge in [0.1, 0.15) is 0 Å². The van der Waals surface area contributed by atoms with Gasteiger partial charge in [0.15, 0.2) is 0 Å². The maximum atomic E-state index is 11.8. The highest BCUT2D eigenvalue weighted by molar-refractivity contribution is 5.84. The van der Waals surface area contributed by atoms with Crippen molar-refractivity contribution < 1.29 is 9.59 Å². The fourth-order valence-electron chi connectivity index (χ4n) is 2.13. The lowest BCUT2D eigenvalue weighted by atomic mass is 9.99. The first-order valence-electron chi connectivity index (χ1n) is 7.26. The topological polar surface area (TPSA) is 58.2 Å². The van der Waals surface area contributed by atoms with Crippen LogP contribution in [0.25, 0.3) is 0 Å². The van der Waals surface area contributed by atoms with E-state index in [1.807, 2.05) is 0 Å². The van der Waals surface area contributed by atoms with Gasteiger partial charge in [0.25, 0.3) is 0 Å². The first-order valence-corrected chi connectivity index (χ1v) is 7.26. The molecule has 0 aromatic rings. The van der Waals surface area contributed by atoms with Crippen LogP contribution in [-0.4, -0.2) is 23.9 Å². The maximum absolute atomic E-state index is 11.8. The number of carbonyl (C=O) groups excluding carboxylic acids is 2. The van der Waals surface area contributed by atoms with E-state index in [9.17, 15) is 9.59 Å². The molecule has 0 radical (unpaired) electrons. The normalized spacial score (nSPS) is 28.0. The van der Waals surface area contributed by atoms with Crippen LogP contribution in [0.5, 0.6) is 0 Å². The summed E-state index contributed by atoms with van der Waals surface area (Å²) in [6, 6.07) is 0.343. The first kappa shape index (κ1) is 15.7. The van der Waals surface area contributed by atoms with Crippen molar-refractivity contribution in [2.45, 2.75) is 65.0 Å². The molecule has 0 bridgehead atoms. The van der Waals surface area contributed by atoms with Crippen molar-refractivity contribution in [3.63, 3.8) is 0 Å². The van der Waals surface area contributed by atoms with Crippen LogP contribution in [0.1, 0.15) is 52.9 Å². The Morgan fingerprint density at radius 3 is 2.26 bits per heavy atom. The summed E-state index contributed by atoms with van der Waals surface area (Å²) in [6.45, 7) is 6.27. The molecule has 0 aromatic carbocycles. The predicted molar refractivity (Wildman–Crippen MR) is 76.6 cm³/mol. The van der Waals surface area contributed by atoms with Crippen LogP contribution >= 0.6 is 0 Å². The van der Waals surface area contributed by atoms with E-state index >= 15 is 0 Å². The average Bonchev–Trinajstić information content (AvgIpc) is 2.36. The highest BCUT2D eigenvalue weighted by Gasteiger charge is 2.17. The van der Waals surface area contributed by atoms with Gasteiger partial charge in [-0.25, -0.2) is 0 Å². The minimum absolute atomic E-state index is 0.0305. The molecule has 1 heterocycles. The molecular formula is C15H26N2O2. The summed E-state index contributed by atoms with van der Waals surface area (Å²) in [6.07, 6.45) is 7.40. The van der Waals surface area contributed by atoms with Gasteiger partial charge in [-0.05, 0) is 25.2 Å². The van der Waals surface area contributed by atoms with Crippen molar-refractivity contribution in [1.82, 2.24) is 10.6 Å². The Labute approximate surface area is 116 Å². The van der Waals surface area contributed by atoms with Crippen LogP contribution in [0.3, 0.4) is 0 Å². The molecule has 4 nitrogen and oxygen atoms in total. The summed E-state index contributed by atoms with van der Waals surface area (Å²) in [5.41, 5.74) is 0. The molecule has 0 saturated carbocycles. The minimum Gasteiger partial charge on any atom is -0.353 e. The lowest BCUT2D eigenvalue weighted by molar-refractivity contribution is -0.127. The summed E-state index contributed by atoms with van der Waals surface area (Å²) in [5, 5.41) is 5.98. The fraction of sp³-hybridized carbons (Fsp3) is 0.733. The minimum atomic E-state index is -0.0316. The van der Waals surface area contributed by atoms with E-state index in [1.54, 1.807) is 0 Å². The van der Waals surface area contributed by atoms with Crippen LogP contribution < -0.4 is 10.6 Å². The third-order valence-corrected chi connectivity index (χ3v) is 3.57. The van der Waals surface area contributed by atoms with E-state index in [4.69, 9.17) is 0 Å². The van der Waals surface area contributed by atoms with Crippen LogP contribution in [0.4, 0.5) is 0 Å². The molecule has 108 valence electrons.